The number of nitrogens with two attached hydrogens (primary N) is 1. The van der Waals surface area contributed by atoms with Crippen LogP contribution >= 0.6 is 0 Å². The number of carbonyl (C=O) groups is 1. The van der Waals surface area contributed by atoms with Gasteiger partial charge in [0, 0.05) is 6.54 Å². The third-order valence-corrected chi connectivity index (χ3v) is 4.21. The van der Waals surface area contributed by atoms with Crippen molar-refractivity contribution in [1.29, 1.82) is 0 Å². The van der Waals surface area contributed by atoms with Gasteiger partial charge in [-0.15, -0.1) is 0 Å². The van der Waals surface area contributed by atoms with Gasteiger partial charge in [-0.2, -0.15) is 0 Å². The monoisotopic (exact) mass is 293 g/mol. The van der Waals surface area contributed by atoms with Gasteiger partial charge in [0.2, 0.25) is 0 Å². The Morgan fingerprint density at radius 3 is 2.29 bits per heavy atom. The molecule has 0 aliphatic heterocycles. The number of benzene rings is 1. The van der Waals surface area contributed by atoms with E-state index in [1.165, 1.54) is 0 Å². The smallest absolute Gasteiger partial charge is 0.339 e. The van der Waals surface area contributed by atoms with E-state index < -0.39 is 11.6 Å². The number of aryl methyl sites for hydroxylation is 1. The minimum Gasteiger partial charge on any atom is -0.485 e. The molecule has 0 bridgehead atoms. The first-order valence-electron chi connectivity index (χ1n) is 7.57. The maximum absolute atomic E-state index is 11.7. The first-order chi connectivity index (χ1) is 9.81. The van der Waals surface area contributed by atoms with Crippen molar-refractivity contribution < 1.29 is 14.6 Å². The van der Waals surface area contributed by atoms with E-state index in [0.717, 1.165) is 18.4 Å². The fourth-order valence-electron chi connectivity index (χ4n) is 2.47. The third-order valence-electron chi connectivity index (χ3n) is 4.21. The Morgan fingerprint density at radius 2 is 1.90 bits per heavy atom. The normalized spacial score (nSPS) is 11.8. The van der Waals surface area contributed by atoms with Gasteiger partial charge in [-0.05, 0) is 36.8 Å². The van der Waals surface area contributed by atoms with Gasteiger partial charge in [-0.3, -0.25) is 0 Å². The predicted molar refractivity (Wildman–Crippen MR) is 85.2 cm³/mol. The standard InChI is InChI=1S/C17H27NO3/c1-6-17(7-2,10-18)21-15-13(11(3)4)9-8-12(5)14(15)16(19)20/h8-9,11H,6-7,10,18H2,1-5H3,(H,19,20). The van der Waals surface area contributed by atoms with Crippen molar-refractivity contribution in [3.8, 4) is 5.75 Å². The van der Waals surface area contributed by atoms with Crippen LogP contribution in [0.25, 0.3) is 0 Å². The van der Waals surface area contributed by atoms with Crippen LogP contribution in [0.4, 0.5) is 0 Å². The lowest BCUT2D eigenvalue weighted by molar-refractivity contribution is 0.0588. The van der Waals surface area contributed by atoms with Crippen molar-refractivity contribution in [2.24, 2.45) is 5.73 Å². The molecule has 4 nitrogen and oxygen atoms in total. The molecule has 1 aromatic carbocycles. The molecule has 0 unspecified atom stereocenters. The van der Waals surface area contributed by atoms with E-state index in [-0.39, 0.29) is 11.5 Å². The molecule has 0 amide bonds. The van der Waals surface area contributed by atoms with Gasteiger partial charge < -0.3 is 15.6 Å². The van der Waals surface area contributed by atoms with E-state index in [4.69, 9.17) is 10.5 Å². The lowest BCUT2D eigenvalue weighted by Gasteiger charge is -2.33. The lowest BCUT2D eigenvalue weighted by atomic mass is 9.93. The predicted octanol–water partition coefficient (Wildman–Crippen LogP) is 3.71. The molecule has 0 saturated carbocycles. The average molecular weight is 293 g/mol. The number of rotatable bonds is 7. The van der Waals surface area contributed by atoms with Gasteiger partial charge in [-0.25, -0.2) is 4.79 Å². The highest BCUT2D eigenvalue weighted by atomic mass is 16.5. The van der Waals surface area contributed by atoms with Gasteiger partial charge in [0.05, 0.1) is 0 Å². The van der Waals surface area contributed by atoms with Crippen molar-refractivity contribution >= 4 is 5.97 Å². The Balaban J connectivity index is 3.50. The van der Waals surface area contributed by atoms with Gasteiger partial charge in [-0.1, -0.05) is 39.8 Å². The van der Waals surface area contributed by atoms with Crippen molar-refractivity contribution in [3.05, 3.63) is 28.8 Å². The zero-order chi connectivity index (χ0) is 16.2. The number of hydrogen-bond acceptors (Lipinski definition) is 3. The highest BCUT2D eigenvalue weighted by molar-refractivity contribution is 5.93. The molecular formula is C17H27NO3. The minimum atomic E-state index is -0.955. The van der Waals surface area contributed by atoms with E-state index in [1.807, 2.05) is 39.8 Å². The van der Waals surface area contributed by atoms with Crippen molar-refractivity contribution in [1.82, 2.24) is 0 Å². The van der Waals surface area contributed by atoms with Crippen molar-refractivity contribution in [2.75, 3.05) is 6.54 Å². The Bertz CT molecular complexity index is 497. The summed E-state index contributed by atoms with van der Waals surface area (Å²) in [6.45, 7) is 10.3. The van der Waals surface area contributed by atoms with Crippen LogP contribution in [-0.2, 0) is 0 Å². The van der Waals surface area contributed by atoms with Gasteiger partial charge in [0.25, 0.3) is 0 Å². The van der Waals surface area contributed by atoms with Crippen LogP contribution in [0, 0.1) is 6.92 Å². The Hall–Kier alpha value is -1.55. The Kier molecular flexibility index (Phi) is 5.78. The molecule has 0 aromatic heterocycles. The SMILES string of the molecule is CCC(CC)(CN)Oc1c(C(C)C)ccc(C)c1C(=O)O. The number of carboxylic acids is 1. The highest BCUT2D eigenvalue weighted by Crippen LogP contribution is 2.36. The molecule has 0 aliphatic carbocycles. The first kappa shape index (κ1) is 17.5. The summed E-state index contributed by atoms with van der Waals surface area (Å²) in [6.07, 6.45) is 1.48. The Labute approximate surface area is 127 Å². The molecule has 1 aromatic rings. The summed E-state index contributed by atoms with van der Waals surface area (Å²) >= 11 is 0. The first-order valence-corrected chi connectivity index (χ1v) is 7.57. The summed E-state index contributed by atoms with van der Waals surface area (Å²) in [6, 6.07) is 3.79. The molecule has 0 heterocycles. The summed E-state index contributed by atoms with van der Waals surface area (Å²) in [5.74, 6) is -0.294. The molecule has 118 valence electrons. The molecule has 1 rings (SSSR count). The average Bonchev–Trinajstić information content (AvgIpc) is 2.44. The summed E-state index contributed by atoms with van der Waals surface area (Å²) in [4.78, 5) is 11.7. The third kappa shape index (κ3) is 3.56. The molecule has 0 radical (unpaired) electrons. The van der Waals surface area contributed by atoms with Crippen LogP contribution in [0.5, 0.6) is 5.75 Å². The number of hydrogen-bond donors (Lipinski definition) is 2. The van der Waals surface area contributed by atoms with Crippen LogP contribution in [0.2, 0.25) is 0 Å². The fourth-order valence-corrected chi connectivity index (χ4v) is 2.47. The molecule has 4 heteroatoms. The minimum absolute atomic E-state index is 0.183. The molecule has 0 atom stereocenters. The highest BCUT2D eigenvalue weighted by Gasteiger charge is 2.31. The number of carboxylic acid groups (broad SMARTS) is 1. The van der Waals surface area contributed by atoms with Gasteiger partial charge >= 0.3 is 5.97 Å². The van der Waals surface area contributed by atoms with E-state index >= 15 is 0 Å². The second-order valence-electron chi connectivity index (χ2n) is 5.83. The van der Waals surface area contributed by atoms with E-state index in [9.17, 15) is 9.90 Å². The Morgan fingerprint density at radius 1 is 1.33 bits per heavy atom. The summed E-state index contributed by atoms with van der Waals surface area (Å²) < 4.78 is 6.21. The molecule has 0 spiro atoms. The van der Waals surface area contributed by atoms with Crippen LogP contribution < -0.4 is 10.5 Å². The second kappa shape index (κ2) is 6.94. The van der Waals surface area contributed by atoms with Crippen LogP contribution in [0.1, 0.15) is 67.9 Å². The molecule has 0 saturated heterocycles. The van der Waals surface area contributed by atoms with E-state index in [0.29, 0.717) is 17.9 Å². The number of ether oxygens (including phenoxy) is 1. The lowest BCUT2D eigenvalue weighted by Crippen LogP contribution is -2.43. The maximum atomic E-state index is 11.7. The van der Waals surface area contributed by atoms with E-state index in [2.05, 4.69) is 0 Å². The van der Waals surface area contributed by atoms with Crippen molar-refractivity contribution in [2.45, 2.75) is 59.0 Å². The van der Waals surface area contributed by atoms with E-state index in [1.54, 1.807) is 6.92 Å². The molecule has 0 fully saturated rings. The quantitative estimate of drug-likeness (QED) is 0.803. The zero-order valence-corrected chi connectivity index (χ0v) is 13.7. The molecule has 21 heavy (non-hydrogen) atoms. The van der Waals surface area contributed by atoms with Crippen LogP contribution in [0.15, 0.2) is 12.1 Å². The maximum Gasteiger partial charge on any atom is 0.339 e. The van der Waals surface area contributed by atoms with Crippen LogP contribution in [0.3, 0.4) is 0 Å². The molecular weight excluding hydrogens is 266 g/mol. The van der Waals surface area contributed by atoms with Crippen molar-refractivity contribution in [3.63, 3.8) is 0 Å². The largest absolute Gasteiger partial charge is 0.485 e. The number of aromatic carboxylic acids is 1. The van der Waals surface area contributed by atoms with Gasteiger partial charge in [0.15, 0.2) is 0 Å². The fraction of sp³-hybridized carbons (Fsp3) is 0.588. The summed E-state index contributed by atoms with van der Waals surface area (Å²) in [7, 11) is 0. The molecule has 3 N–H and O–H groups in total. The topological polar surface area (TPSA) is 72.5 Å². The summed E-state index contributed by atoms with van der Waals surface area (Å²) in [5, 5.41) is 9.56. The van der Waals surface area contributed by atoms with Gasteiger partial charge in [0.1, 0.15) is 16.9 Å². The van der Waals surface area contributed by atoms with Crippen LogP contribution in [-0.4, -0.2) is 23.2 Å². The zero-order valence-electron chi connectivity index (χ0n) is 13.7. The summed E-state index contributed by atoms with van der Waals surface area (Å²) in [5.41, 5.74) is 7.26. The molecule has 0 aliphatic rings. The second-order valence-corrected chi connectivity index (χ2v) is 5.83.